The Bertz CT molecular complexity index is 112. The number of rotatable bonds is 5. The molecule has 0 aromatic carbocycles. The Balaban J connectivity index is 2.03. The average molecular weight is 182 g/mol. The van der Waals surface area contributed by atoms with Gasteiger partial charge in [-0.25, -0.2) is 0 Å². The monoisotopic (exact) mass is 182 g/mol. The molecule has 0 unspecified atom stereocenters. The van der Waals surface area contributed by atoms with Gasteiger partial charge in [0.1, 0.15) is 0 Å². The zero-order valence-electron chi connectivity index (χ0n) is 9.02. The molecular formula is C12H24N. The summed E-state index contributed by atoms with van der Waals surface area (Å²) in [4.78, 5) is 0. The van der Waals surface area contributed by atoms with Gasteiger partial charge in [0, 0.05) is 0 Å². The van der Waals surface area contributed by atoms with Crippen molar-refractivity contribution in [3.8, 4) is 0 Å². The minimum atomic E-state index is 0.829. The van der Waals surface area contributed by atoms with Gasteiger partial charge in [-0.3, -0.25) is 0 Å². The largest absolute Gasteiger partial charge is 0.330 e. The Morgan fingerprint density at radius 3 is 2.46 bits per heavy atom. The first-order valence-corrected chi connectivity index (χ1v) is 5.90. The summed E-state index contributed by atoms with van der Waals surface area (Å²) in [5, 5.41) is 0. The lowest BCUT2D eigenvalue weighted by Crippen LogP contribution is -2.20. The van der Waals surface area contributed by atoms with Gasteiger partial charge in [-0.1, -0.05) is 26.2 Å². The molecule has 0 heterocycles. The Labute approximate surface area is 83.1 Å². The van der Waals surface area contributed by atoms with E-state index < -0.39 is 0 Å². The van der Waals surface area contributed by atoms with Crippen LogP contribution in [0.1, 0.15) is 58.3 Å². The lowest BCUT2D eigenvalue weighted by Gasteiger charge is -2.27. The Morgan fingerprint density at radius 1 is 1.23 bits per heavy atom. The van der Waals surface area contributed by atoms with Gasteiger partial charge in [-0.2, -0.15) is 0 Å². The highest BCUT2D eigenvalue weighted by Crippen LogP contribution is 2.32. The highest BCUT2D eigenvalue weighted by atomic mass is 14.5. The van der Waals surface area contributed by atoms with E-state index in [1.165, 1.54) is 51.4 Å². The van der Waals surface area contributed by atoms with E-state index in [-0.39, 0.29) is 0 Å². The molecule has 0 aliphatic heterocycles. The summed E-state index contributed by atoms with van der Waals surface area (Å²) >= 11 is 0. The van der Waals surface area contributed by atoms with Crippen LogP contribution in [0.5, 0.6) is 0 Å². The summed E-state index contributed by atoms with van der Waals surface area (Å²) < 4.78 is 0. The zero-order chi connectivity index (χ0) is 9.52. The number of nitrogens with two attached hydrogens (primary N) is 1. The molecule has 0 amide bonds. The second-order valence-corrected chi connectivity index (χ2v) is 4.39. The molecule has 0 aromatic rings. The van der Waals surface area contributed by atoms with E-state index in [1.807, 2.05) is 5.92 Å². The van der Waals surface area contributed by atoms with Crippen LogP contribution in [0.15, 0.2) is 0 Å². The summed E-state index contributed by atoms with van der Waals surface area (Å²) in [7, 11) is 0. The molecule has 1 aliphatic carbocycles. The number of hydrogen-bond donors (Lipinski definition) is 1. The van der Waals surface area contributed by atoms with Crippen LogP contribution in [0.2, 0.25) is 0 Å². The number of hydrogen-bond acceptors (Lipinski definition) is 1. The van der Waals surface area contributed by atoms with Gasteiger partial charge >= 0.3 is 0 Å². The standard InChI is InChI=1S/C12H24N/c1-2-3-4-5-11-6-8-12(10-13)9-7-11/h12H,2-10,13H2,1H3. The average Bonchev–Trinajstić information content (AvgIpc) is 2.19. The minimum absolute atomic E-state index is 0.829. The van der Waals surface area contributed by atoms with Crippen LogP contribution in [0.25, 0.3) is 0 Å². The first kappa shape index (κ1) is 11.0. The second kappa shape index (κ2) is 6.42. The van der Waals surface area contributed by atoms with Crippen molar-refractivity contribution in [2.45, 2.75) is 58.3 Å². The highest BCUT2D eigenvalue weighted by molar-refractivity contribution is 4.94. The van der Waals surface area contributed by atoms with E-state index in [4.69, 9.17) is 5.73 Å². The molecule has 77 valence electrons. The van der Waals surface area contributed by atoms with Gasteiger partial charge in [0.15, 0.2) is 0 Å². The van der Waals surface area contributed by atoms with E-state index in [1.54, 1.807) is 0 Å². The van der Waals surface area contributed by atoms with E-state index in [2.05, 4.69) is 6.92 Å². The van der Waals surface area contributed by atoms with Crippen LogP contribution >= 0.6 is 0 Å². The zero-order valence-corrected chi connectivity index (χ0v) is 9.02. The molecule has 2 N–H and O–H groups in total. The molecule has 0 aromatic heterocycles. The molecule has 1 fully saturated rings. The van der Waals surface area contributed by atoms with E-state index in [0.717, 1.165) is 12.5 Å². The summed E-state index contributed by atoms with van der Waals surface area (Å²) in [5.41, 5.74) is 5.66. The third-order valence-corrected chi connectivity index (χ3v) is 3.28. The first-order valence-electron chi connectivity index (χ1n) is 5.90. The van der Waals surface area contributed by atoms with Crippen LogP contribution in [0, 0.1) is 11.8 Å². The fourth-order valence-corrected chi connectivity index (χ4v) is 2.20. The topological polar surface area (TPSA) is 26.0 Å². The van der Waals surface area contributed by atoms with Crippen molar-refractivity contribution < 1.29 is 0 Å². The van der Waals surface area contributed by atoms with Gasteiger partial charge in [-0.15, -0.1) is 0 Å². The van der Waals surface area contributed by atoms with E-state index >= 15 is 0 Å². The molecular weight excluding hydrogens is 158 g/mol. The van der Waals surface area contributed by atoms with Gasteiger partial charge in [0.05, 0.1) is 0 Å². The molecule has 1 heteroatoms. The lowest BCUT2D eigenvalue weighted by atomic mass is 9.80. The van der Waals surface area contributed by atoms with Gasteiger partial charge in [-0.05, 0) is 50.5 Å². The smallest absolute Gasteiger partial charge is 0.00489 e. The minimum Gasteiger partial charge on any atom is -0.330 e. The molecule has 1 saturated carbocycles. The maximum absolute atomic E-state index is 5.66. The quantitative estimate of drug-likeness (QED) is 0.649. The lowest BCUT2D eigenvalue weighted by molar-refractivity contribution is 0.371. The van der Waals surface area contributed by atoms with E-state index in [0.29, 0.717) is 0 Å². The van der Waals surface area contributed by atoms with Crippen molar-refractivity contribution in [1.82, 2.24) is 0 Å². The van der Waals surface area contributed by atoms with Crippen molar-refractivity contribution >= 4 is 0 Å². The van der Waals surface area contributed by atoms with Gasteiger partial charge < -0.3 is 5.73 Å². The predicted octanol–water partition coefficient (Wildman–Crippen LogP) is 3.29. The molecule has 0 spiro atoms. The molecule has 0 atom stereocenters. The van der Waals surface area contributed by atoms with Crippen molar-refractivity contribution in [3.05, 3.63) is 5.92 Å². The molecule has 13 heavy (non-hydrogen) atoms. The first-order chi connectivity index (χ1) is 6.36. The van der Waals surface area contributed by atoms with Crippen molar-refractivity contribution in [2.75, 3.05) is 6.54 Å². The third kappa shape index (κ3) is 4.12. The highest BCUT2D eigenvalue weighted by Gasteiger charge is 2.19. The maximum Gasteiger partial charge on any atom is -0.00489 e. The molecule has 1 radical (unpaired) electrons. The summed E-state index contributed by atoms with van der Waals surface area (Å²) in [6.07, 6.45) is 11.0. The van der Waals surface area contributed by atoms with Crippen LogP contribution in [0.4, 0.5) is 0 Å². The van der Waals surface area contributed by atoms with Crippen molar-refractivity contribution in [2.24, 2.45) is 11.7 Å². The summed E-state index contributed by atoms with van der Waals surface area (Å²) in [5.74, 6) is 2.65. The van der Waals surface area contributed by atoms with Crippen LogP contribution in [0.3, 0.4) is 0 Å². The summed E-state index contributed by atoms with van der Waals surface area (Å²) in [6, 6.07) is 0. The maximum atomic E-state index is 5.66. The summed E-state index contributed by atoms with van der Waals surface area (Å²) in [6.45, 7) is 3.18. The molecule has 1 aliphatic rings. The fraction of sp³-hybridized carbons (Fsp3) is 0.917. The van der Waals surface area contributed by atoms with Crippen LogP contribution in [-0.4, -0.2) is 6.54 Å². The van der Waals surface area contributed by atoms with Crippen LogP contribution < -0.4 is 5.73 Å². The number of unbranched alkanes of at least 4 members (excludes halogenated alkanes) is 2. The molecule has 1 rings (SSSR count). The fourth-order valence-electron chi connectivity index (χ4n) is 2.20. The second-order valence-electron chi connectivity index (χ2n) is 4.39. The molecule has 0 bridgehead atoms. The predicted molar refractivity (Wildman–Crippen MR) is 58.4 cm³/mol. The normalized spacial score (nSPS) is 20.8. The SMILES string of the molecule is CCCCC[C]1CCC(CN)CC1. The van der Waals surface area contributed by atoms with Crippen LogP contribution in [-0.2, 0) is 0 Å². The Morgan fingerprint density at radius 2 is 1.92 bits per heavy atom. The van der Waals surface area contributed by atoms with Crippen molar-refractivity contribution in [3.63, 3.8) is 0 Å². The van der Waals surface area contributed by atoms with Gasteiger partial charge in [0.25, 0.3) is 0 Å². The third-order valence-electron chi connectivity index (χ3n) is 3.28. The Kier molecular flexibility index (Phi) is 5.45. The molecule has 1 nitrogen and oxygen atoms in total. The van der Waals surface area contributed by atoms with E-state index in [9.17, 15) is 0 Å². The van der Waals surface area contributed by atoms with Gasteiger partial charge in [0.2, 0.25) is 0 Å². The van der Waals surface area contributed by atoms with Crippen molar-refractivity contribution in [1.29, 1.82) is 0 Å². The molecule has 0 saturated heterocycles. The Hall–Kier alpha value is -0.0400.